The molecule has 2 amide bonds. The molecular formula is C16H16N2O2. The fourth-order valence-electron chi connectivity index (χ4n) is 1.88. The van der Waals surface area contributed by atoms with Crippen molar-refractivity contribution in [2.24, 2.45) is 0 Å². The molecule has 2 rings (SSSR count). The summed E-state index contributed by atoms with van der Waals surface area (Å²) >= 11 is 0. The van der Waals surface area contributed by atoms with Crippen LogP contribution in [0.15, 0.2) is 48.5 Å². The Hall–Kier alpha value is -2.62. The van der Waals surface area contributed by atoms with Gasteiger partial charge in [-0.05, 0) is 36.8 Å². The Bertz CT molecular complexity index is 636. The van der Waals surface area contributed by atoms with Gasteiger partial charge in [0.15, 0.2) is 0 Å². The number of carbonyl (C=O) groups is 2. The molecule has 0 radical (unpaired) electrons. The highest BCUT2D eigenvalue weighted by molar-refractivity contribution is 6.05. The van der Waals surface area contributed by atoms with Crippen LogP contribution in [0.1, 0.15) is 22.8 Å². The third kappa shape index (κ3) is 3.23. The summed E-state index contributed by atoms with van der Waals surface area (Å²) in [7, 11) is 0. The first-order valence-electron chi connectivity index (χ1n) is 6.31. The molecule has 2 aromatic carbocycles. The standard InChI is InChI=1S/C16H16N2O2/c1-11-14(17-12(2)19)9-6-10-15(11)18-16(20)13-7-4-3-5-8-13/h3-10H,1-2H3,(H,17,19)(H,18,20). The number of hydrogen-bond acceptors (Lipinski definition) is 2. The Morgan fingerprint density at radius 3 is 2.05 bits per heavy atom. The lowest BCUT2D eigenvalue weighted by atomic mass is 10.1. The summed E-state index contributed by atoms with van der Waals surface area (Å²) in [4.78, 5) is 23.2. The Morgan fingerprint density at radius 2 is 1.45 bits per heavy atom. The summed E-state index contributed by atoms with van der Waals surface area (Å²) in [6.45, 7) is 3.31. The number of benzene rings is 2. The van der Waals surface area contributed by atoms with Crippen molar-refractivity contribution in [3.63, 3.8) is 0 Å². The van der Waals surface area contributed by atoms with Crippen molar-refractivity contribution in [1.82, 2.24) is 0 Å². The highest BCUT2D eigenvalue weighted by atomic mass is 16.2. The molecule has 0 heterocycles. The van der Waals surface area contributed by atoms with Gasteiger partial charge in [-0.15, -0.1) is 0 Å². The molecule has 102 valence electrons. The Labute approximate surface area is 117 Å². The van der Waals surface area contributed by atoms with E-state index in [9.17, 15) is 9.59 Å². The largest absolute Gasteiger partial charge is 0.326 e. The molecule has 0 saturated heterocycles. The van der Waals surface area contributed by atoms with E-state index in [-0.39, 0.29) is 11.8 Å². The van der Waals surface area contributed by atoms with Gasteiger partial charge in [0.05, 0.1) is 0 Å². The van der Waals surface area contributed by atoms with Gasteiger partial charge in [0, 0.05) is 23.9 Å². The van der Waals surface area contributed by atoms with Gasteiger partial charge in [0.2, 0.25) is 5.91 Å². The van der Waals surface area contributed by atoms with E-state index in [1.165, 1.54) is 6.92 Å². The molecule has 2 N–H and O–H groups in total. The van der Waals surface area contributed by atoms with Crippen LogP contribution in [0.5, 0.6) is 0 Å². The van der Waals surface area contributed by atoms with Crippen molar-refractivity contribution in [3.05, 3.63) is 59.7 Å². The van der Waals surface area contributed by atoms with Crippen LogP contribution in [0.4, 0.5) is 11.4 Å². The highest BCUT2D eigenvalue weighted by Gasteiger charge is 2.09. The first kappa shape index (κ1) is 13.8. The van der Waals surface area contributed by atoms with E-state index < -0.39 is 0 Å². The molecule has 0 fully saturated rings. The van der Waals surface area contributed by atoms with Crippen LogP contribution < -0.4 is 10.6 Å². The molecular weight excluding hydrogens is 252 g/mol. The van der Waals surface area contributed by atoms with Crippen LogP contribution in [0.2, 0.25) is 0 Å². The predicted molar refractivity (Wildman–Crippen MR) is 79.9 cm³/mol. The lowest BCUT2D eigenvalue weighted by molar-refractivity contribution is -0.114. The van der Waals surface area contributed by atoms with Gasteiger partial charge in [-0.1, -0.05) is 24.3 Å². The van der Waals surface area contributed by atoms with Crippen molar-refractivity contribution in [3.8, 4) is 0 Å². The third-order valence-electron chi connectivity index (χ3n) is 2.93. The summed E-state index contributed by atoms with van der Waals surface area (Å²) in [5.74, 6) is -0.312. The second-order valence-corrected chi connectivity index (χ2v) is 4.48. The zero-order chi connectivity index (χ0) is 14.5. The molecule has 4 nitrogen and oxygen atoms in total. The molecule has 0 unspecified atom stereocenters. The SMILES string of the molecule is CC(=O)Nc1cccc(NC(=O)c2ccccc2)c1C. The van der Waals surface area contributed by atoms with Crippen LogP contribution in [0, 0.1) is 6.92 Å². The molecule has 0 aliphatic carbocycles. The zero-order valence-corrected chi connectivity index (χ0v) is 11.4. The van der Waals surface area contributed by atoms with Crippen molar-refractivity contribution in [2.75, 3.05) is 10.6 Å². The Balaban J connectivity index is 2.22. The maximum atomic E-state index is 12.1. The van der Waals surface area contributed by atoms with Crippen LogP contribution in [-0.4, -0.2) is 11.8 Å². The molecule has 2 aromatic rings. The average molecular weight is 268 g/mol. The summed E-state index contributed by atoms with van der Waals surface area (Å²) < 4.78 is 0. The number of nitrogens with one attached hydrogen (secondary N) is 2. The lowest BCUT2D eigenvalue weighted by Crippen LogP contribution is -2.14. The fraction of sp³-hybridized carbons (Fsp3) is 0.125. The first-order valence-corrected chi connectivity index (χ1v) is 6.31. The van der Waals surface area contributed by atoms with Crippen LogP contribution in [0.25, 0.3) is 0 Å². The second-order valence-electron chi connectivity index (χ2n) is 4.48. The van der Waals surface area contributed by atoms with E-state index in [2.05, 4.69) is 10.6 Å². The molecule has 4 heteroatoms. The molecule has 0 saturated carbocycles. The van der Waals surface area contributed by atoms with Gasteiger partial charge in [-0.2, -0.15) is 0 Å². The highest BCUT2D eigenvalue weighted by Crippen LogP contribution is 2.23. The van der Waals surface area contributed by atoms with Gasteiger partial charge in [0.1, 0.15) is 0 Å². The second kappa shape index (κ2) is 6.02. The third-order valence-corrected chi connectivity index (χ3v) is 2.93. The number of amides is 2. The van der Waals surface area contributed by atoms with Crippen molar-refractivity contribution < 1.29 is 9.59 Å². The van der Waals surface area contributed by atoms with Crippen molar-refractivity contribution in [1.29, 1.82) is 0 Å². The maximum Gasteiger partial charge on any atom is 0.255 e. The van der Waals surface area contributed by atoms with E-state index in [0.29, 0.717) is 16.9 Å². The average Bonchev–Trinajstić information content (AvgIpc) is 2.43. The maximum absolute atomic E-state index is 12.1. The molecule has 0 atom stereocenters. The quantitative estimate of drug-likeness (QED) is 0.898. The van der Waals surface area contributed by atoms with Gasteiger partial charge < -0.3 is 10.6 Å². The molecule has 0 spiro atoms. The Morgan fingerprint density at radius 1 is 0.850 bits per heavy atom. The number of carbonyl (C=O) groups excluding carboxylic acids is 2. The minimum absolute atomic E-state index is 0.139. The summed E-state index contributed by atoms with van der Waals surface area (Å²) in [6.07, 6.45) is 0. The van der Waals surface area contributed by atoms with Crippen molar-refractivity contribution >= 4 is 23.2 Å². The molecule has 0 aliphatic heterocycles. The van der Waals surface area contributed by atoms with E-state index in [1.54, 1.807) is 24.3 Å². The molecule has 0 bridgehead atoms. The number of hydrogen-bond donors (Lipinski definition) is 2. The van der Waals surface area contributed by atoms with Crippen LogP contribution >= 0.6 is 0 Å². The number of rotatable bonds is 3. The fourth-order valence-corrected chi connectivity index (χ4v) is 1.88. The predicted octanol–water partition coefficient (Wildman–Crippen LogP) is 3.21. The molecule has 0 aromatic heterocycles. The topological polar surface area (TPSA) is 58.2 Å². The smallest absolute Gasteiger partial charge is 0.255 e. The molecule has 0 aliphatic rings. The van der Waals surface area contributed by atoms with Gasteiger partial charge in [0.25, 0.3) is 5.91 Å². The monoisotopic (exact) mass is 268 g/mol. The normalized spacial score (nSPS) is 9.90. The Kier molecular flexibility index (Phi) is 4.15. The van der Waals surface area contributed by atoms with Gasteiger partial charge in [-0.25, -0.2) is 0 Å². The van der Waals surface area contributed by atoms with Crippen LogP contribution in [-0.2, 0) is 4.79 Å². The summed E-state index contributed by atoms with van der Waals surface area (Å²) in [5.41, 5.74) is 2.80. The lowest BCUT2D eigenvalue weighted by Gasteiger charge is -2.12. The van der Waals surface area contributed by atoms with E-state index in [1.807, 2.05) is 31.2 Å². The van der Waals surface area contributed by atoms with E-state index in [4.69, 9.17) is 0 Å². The van der Waals surface area contributed by atoms with Crippen molar-refractivity contribution in [2.45, 2.75) is 13.8 Å². The number of anilines is 2. The van der Waals surface area contributed by atoms with Crippen LogP contribution in [0.3, 0.4) is 0 Å². The van der Waals surface area contributed by atoms with E-state index in [0.717, 1.165) is 5.56 Å². The summed E-state index contributed by atoms with van der Waals surface area (Å²) in [5, 5.41) is 5.59. The molecule has 20 heavy (non-hydrogen) atoms. The summed E-state index contributed by atoms with van der Waals surface area (Å²) in [6, 6.07) is 14.4. The van der Waals surface area contributed by atoms with Gasteiger partial charge >= 0.3 is 0 Å². The zero-order valence-electron chi connectivity index (χ0n) is 11.4. The first-order chi connectivity index (χ1) is 9.58. The van der Waals surface area contributed by atoms with Gasteiger partial charge in [-0.3, -0.25) is 9.59 Å². The minimum atomic E-state index is -0.173. The van der Waals surface area contributed by atoms with E-state index >= 15 is 0 Å². The minimum Gasteiger partial charge on any atom is -0.326 e.